The molecule has 8 nitrogen and oxygen atoms in total. The van der Waals surface area contributed by atoms with Crippen molar-refractivity contribution in [3.63, 3.8) is 0 Å². The van der Waals surface area contributed by atoms with Gasteiger partial charge in [-0.2, -0.15) is 4.98 Å². The van der Waals surface area contributed by atoms with Gasteiger partial charge >= 0.3 is 0 Å². The number of nitrogens with zero attached hydrogens (tertiary/aromatic N) is 3. The number of anilines is 2. The fraction of sp³-hybridized carbons (Fsp3) is 0.353. The van der Waals surface area contributed by atoms with Gasteiger partial charge in [-0.3, -0.25) is 0 Å². The summed E-state index contributed by atoms with van der Waals surface area (Å²) in [7, 11) is 0. The van der Waals surface area contributed by atoms with Crippen molar-refractivity contribution in [3.8, 4) is 11.6 Å². The summed E-state index contributed by atoms with van der Waals surface area (Å²) in [6.45, 7) is 2.74. The van der Waals surface area contributed by atoms with Crippen molar-refractivity contribution in [2.45, 2.75) is 19.8 Å². The molecule has 0 fully saturated rings. The van der Waals surface area contributed by atoms with E-state index in [0.717, 1.165) is 5.56 Å². The largest absolute Gasteiger partial charge is 0.488 e. The second-order valence-corrected chi connectivity index (χ2v) is 5.13. The number of aliphatic hydroxyl groups is 1. The van der Waals surface area contributed by atoms with Crippen LogP contribution in [0.1, 0.15) is 24.6 Å². The Hall–Kier alpha value is -2.87. The molecule has 134 valence electrons. The highest BCUT2D eigenvalue weighted by Crippen LogP contribution is 2.24. The molecule has 0 aromatic carbocycles. The van der Waals surface area contributed by atoms with Crippen molar-refractivity contribution in [3.05, 3.63) is 35.7 Å². The van der Waals surface area contributed by atoms with Crippen LogP contribution in [0.4, 0.5) is 11.8 Å². The number of aryl methyl sites for hydroxylation is 1. The van der Waals surface area contributed by atoms with Gasteiger partial charge in [-0.15, -0.1) is 0 Å². The molecule has 0 saturated carbocycles. The molecule has 0 radical (unpaired) electrons. The molecule has 2 aromatic heterocycles. The van der Waals surface area contributed by atoms with Gasteiger partial charge in [-0.05, 0) is 18.6 Å². The van der Waals surface area contributed by atoms with Crippen LogP contribution in [0, 0.1) is 0 Å². The maximum absolute atomic E-state index is 8.86. The monoisotopic (exact) mass is 345 g/mol. The van der Waals surface area contributed by atoms with Crippen LogP contribution in [-0.2, 0) is 6.42 Å². The van der Waals surface area contributed by atoms with Crippen LogP contribution >= 0.6 is 0 Å². The standard InChI is InChI=1S/C17H23N5O3/c1-2-13-14(15(18)22-17(19)21-13)24-10-5-11-25-16-12(7-4-9-23)6-3-8-20-16/h3-4,6-8,23H,2,5,9-11H2,1H3,(H4,18,19,21,22)/b7-4+. The maximum Gasteiger partial charge on any atom is 0.222 e. The molecule has 8 heteroatoms. The molecule has 0 spiro atoms. The average molecular weight is 345 g/mol. The molecule has 0 bridgehead atoms. The first-order chi connectivity index (χ1) is 12.2. The minimum absolute atomic E-state index is 0.0347. The molecule has 0 amide bonds. The van der Waals surface area contributed by atoms with Gasteiger partial charge < -0.3 is 26.0 Å². The van der Waals surface area contributed by atoms with E-state index in [2.05, 4.69) is 15.0 Å². The number of nitrogen functional groups attached to an aromatic ring is 2. The SMILES string of the molecule is CCc1nc(N)nc(N)c1OCCCOc1ncccc1/C=C/CO. The topological polar surface area (TPSA) is 129 Å². The third-order valence-electron chi connectivity index (χ3n) is 3.29. The third kappa shape index (κ3) is 5.32. The van der Waals surface area contributed by atoms with Crippen LogP contribution in [0.15, 0.2) is 24.4 Å². The Kier molecular flexibility index (Phi) is 6.97. The van der Waals surface area contributed by atoms with Gasteiger partial charge in [0.25, 0.3) is 0 Å². The molecule has 0 aliphatic rings. The molecule has 0 unspecified atom stereocenters. The fourth-order valence-corrected chi connectivity index (χ4v) is 2.17. The predicted octanol–water partition coefficient (Wildman–Crippen LogP) is 1.45. The number of rotatable bonds is 9. The highest BCUT2D eigenvalue weighted by molar-refractivity contribution is 5.54. The van der Waals surface area contributed by atoms with E-state index >= 15 is 0 Å². The first-order valence-corrected chi connectivity index (χ1v) is 8.05. The van der Waals surface area contributed by atoms with Crippen LogP contribution in [0.3, 0.4) is 0 Å². The highest BCUT2D eigenvalue weighted by Gasteiger charge is 2.11. The lowest BCUT2D eigenvalue weighted by molar-refractivity contribution is 0.240. The van der Waals surface area contributed by atoms with E-state index in [1.807, 2.05) is 19.1 Å². The molecule has 0 aliphatic carbocycles. The molecule has 2 rings (SSSR count). The van der Waals surface area contributed by atoms with Crippen molar-refractivity contribution in [2.24, 2.45) is 0 Å². The van der Waals surface area contributed by atoms with Crippen molar-refractivity contribution in [2.75, 3.05) is 31.3 Å². The average Bonchev–Trinajstić information content (AvgIpc) is 2.61. The lowest BCUT2D eigenvalue weighted by Gasteiger charge is -2.12. The Morgan fingerprint density at radius 3 is 2.76 bits per heavy atom. The summed E-state index contributed by atoms with van der Waals surface area (Å²) in [6.07, 6.45) is 6.33. The van der Waals surface area contributed by atoms with E-state index in [9.17, 15) is 0 Å². The zero-order chi connectivity index (χ0) is 18.1. The van der Waals surface area contributed by atoms with Crippen LogP contribution in [0.2, 0.25) is 0 Å². The van der Waals surface area contributed by atoms with Gasteiger partial charge in [0, 0.05) is 18.2 Å². The zero-order valence-corrected chi connectivity index (χ0v) is 14.2. The van der Waals surface area contributed by atoms with E-state index in [-0.39, 0.29) is 18.4 Å². The van der Waals surface area contributed by atoms with E-state index in [4.69, 9.17) is 26.0 Å². The van der Waals surface area contributed by atoms with Gasteiger partial charge in [0.05, 0.1) is 25.5 Å². The molecule has 5 N–H and O–H groups in total. The lowest BCUT2D eigenvalue weighted by atomic mass is 10.2. The molecular weight excluding hydrogens is 322 g/mol. The Labute approximate surface area is 146 Å². The number of aliphatic hydroxyl groups excluding tert-OH is 1. The summed E-state index contributed by atoms with van der Waals surface area (Å²) in [5.74, 6) is 1.37. The normalized spacial score (nSPS) is 11.0. The van der Waals surface area contributed by atoms with Crippen LogP contribution in [-0.4, -0.2) is 39.9 Å². The first kappa shape index (κ1) is 18.5. The third-order valence-corrected chi connectivity index (χ3v) is 3.29. The number of nitrogens with two attached hydrogens (primary N) is 2. The van der Waals surface area contributed by atoms with E-state index in [1.165, 1.54) is 0 Å². The summed E-state index contributed by atoms with van der Waals surface area (Å²) >= 11 is 0. The van der Waals surface area contributed by atoms with Gasteiger partial charge in [0.15, 0.2) is 11.6 Å². The van der Waals surface area contributed by atoms with Gasteiger partial charge in [0.1, 0.15) is 0 Å². The number of aromatic nitrogens is 3. The van der Waals surface area contributed by atoms with Crippen LogP contribution < -0.4 is 20.9 Å². The van der Waals surface area contributed by atoms with Crippen LogP contribution in [0.5, 0.6) is 11.6 Å². The molecular formula is C17H23N5O3. The molecule has 2 aromatic rings. The second kappa shape index (κ2) is 9.43. The Balaban J connectivity index is 1.86. The fourth-order valence-electron chi connectivity index (χ4n) is 2.17. The van der Waals surface area contributed by atoms with Crippen molar-refractivity contribution < 1.29 is 14.6 Å². The summed E-state index contributed by atoms with van der Waals surface area (Å²) in [4.78, 5) is 12.2. The van der Waals surface area contributed by atoms with E-state index < -0.39 is 0 Å². The highest BCUT2D eigenvalue weighted by atomic mass is 16.5. The number of hydrogen-bond acceptors (Lipinski definition) is 8. The van der Waals surface area contributed by atoms with Crippen molar-refractivity contribution in [1.82, 2.24) is 15.0 Å². The lowest BCUT2D eigenvalue weighted by Crippen LogP contribution is -2.11. The number of ether oxygens (including phenoxy) is 2. The smallest absolute Gasteiger partial charge is 0.222 e. The Bertz CT molecular complexity index is 721. The zero-order valence-electron chi connectivity index (χ0n) is 14.2. The molecule has 25 heavy (non-hydrogen) atoms. The molecule has 0 saturated heterocycles. The summed E-state index contributed by atoms with van der Waals surface area (Å²) < 4.78 is 11.4. The van der Waals surface area contributed by atoms with Gasteiger partial charge in [-0.25, -0.2) is 9.97 Å². The predicted molar refractivity (Wildman–Crippen MR) is 96.2 cm³/mol. The summed E-state index contributed by atoms with van der Waals surface area (Å²) in [5.41, 5.74) is 12.9. The van der Waals surface area contributed by atoms with Gasteiger partial charge in [-0.1, -0.05) is 19.1 Å². The Morgan fingerprint density at radius 2 is 2.00 bits per heavy atom. The molecule has 2 heterocycles. The maximum atomic E-state index is 8.86. The molecule has 0 atom stereocenters. The van der Waals surface area contributed by atoms with E-state index in [0.29, 0.717) is 43.4 Å². The van der Waals surface area contributed by atoms with E-state index in [1.54, 1.807) is 18.3 Å². The summed E-state index contributed by atoms with van der Waals surface area (Å²) in [5, 5.41) is 8.86. The minimum Gasteiger partial charge on any atom is -0.488 e. The Morgan fingerprint density at radius 1 is 1.20 bits per heavy atom. The minimum atomic E-state index is -0.0347. The van der Waals surface area contributed by atoms with Crippen molar-refractivity contribution in [1.29, 1.82) is 0 Å². The first-order valence-electron chi connectivity index (χ1n) is 8.05. The number of hydrogen-bond donors (Lipinski definition) is 3. The second-order valence-electron chi connectivity index (χ2n) is 5.13. The number of pyridine rings is 1. The quantitative estimate of drug-likeness (QED) is 0.582. The van der Waals surface area contributed by atoms with Gasteiger partial charge in [0.2, 0.25) is 11.8 Å². The van der Waals surface area contributed by atoms with Crippen molar-refractivity contribution >= 4 is 17.8 Å². The van der Waals surface area contributed by atoms with Crippen LogP contribution in [0.25, 0.3) is 6.08 Å². The molecule has 0 aliphatic heterocycles. The summed E-state index contributed by atoms with van der Waals surface area (Å²) in [6, 6.07) is 3.67.